The summed E-state index contributed by atoms with van der Waals surface area (Å²) in [5.74, 6) is 0. The molecule has 0 radical (unpaired) electrons. The van der Waals surface area contributed by atoms with E-state index in [4.69, 9.17) is 16.9 Å². The van der Waals surface area contributed by atoms with Crippen LogP contribution in [0.15, 0.2) is 30.5 Å². The van der Waals surface area contributed by atoms with E-state index in [9.17, 15) is 0 Å². The van der Waals surface area contributed by atoms with E-state index < -0.39 is 0 Å². The van der Waals surface area contributed by atoms with Crippen LogP contribution in [-0.2, 0) is 0 Å². The summed E-state index contributed by atoms with van der Waals surface area (Å²) in [4.78, 5) is 4.32. The first kappa shape index (κ1) is 11.8. The third-order valence-electron chi connectivity index (χ3n) is 2.60. The molecule has 1 unspecified atom stereocenters. The molecule has 1 aromatic carbocycles. The summed E-state index contributed by atoms with van der Waals surface area (Å²) in [5.41, 5.74) is 1.65. The van der Waals surface area contributed by atoms with Crippen LogP contribution >= 0.6 is 11.6 Å². The summed E-state index contributed by atoms with van der Waals surface area (Å²) in [6.45, 7) is 2.70. The smallest absolute Gasteiger partial charge is 0.123 e. The number of halogens is 1. The fraction of sp³-hybridized carbons (Fsp3) is 0.231. The van der Waals surface area contributed by atoms with Gasteiger partial charge in [-0.25, -0.2) is 0 Å². The number of nitriles is 1. The molecule has 4 heteroatoms. The SMILES string of the molecule is CCNC(C#N)c1ccc(Cl)c2cccnc12. The van der Waals surface area contributed by atoms with Gasteiger partial charge in [0.25, 0.3) is 0 Å². The lowest BCUT2D eigenvalue weighted by molar-refractivity contribution is 0.661. The highest BCUT2D eigenvalue weighted by Gasteiger charge is 2.14. The number of hydrogen-bond acceptors (Lipinski definition) is 3. The van der Waals surface area contributed by atoms with Crippen LogP contribution < -0.4 is 5.32 Å². The fourth-order valence-corrected chi connectivity index (χ4v) is 2.04. The monoisotopic (exact) mass is 245 g/mol. The molecule has 17 heavy (non-hydrogen) atoms. The summed E-state index contributed by atoms with van der Waals surface area (Å²) in [6.07, 6.45) is 1.71. The summed E-state index contributed by atoms with van der Waals surface area (Å²) in [7, 11) is 0. The predicted octanol–water partition coefficient (Wildman–Crippen LogP) is 3.06. The van der Waals surface area contributed by atoms with E-state index in [-0.39, 0.29) is 6.04 Å². The molecular weight excluding hydrogens is 234 g/mol. The van der Waals surface area contributed by atoms with Crippen molar-refractivity contribution in [3.05, 3.63) is 41.0 Å². The van der Waals surface area contributed by atoms with Crippen LogP contribution in [0.4, 0.5) is 0 Å². The van der Waals surface area contributed by atoms with Gasteiger partial charge in [-0.3, -0.25) is 10.3 Å². The highest BCUT2D eigenvalue weighted by Crippen LogP contribution is 2.28. The van der Waals surface area contributed by atoms with E-state index in [2.05, 4.69) is 16.4 Å². The normalized spacial score (nSPS) is 12.3. The lowest BCUT2D eigenvalue weighted by Crippen LogP contribution is -2.19. The van der Waals surface area contributed by atoms with E-state index in [1.165, 1.54) is 0 Å². The molecule has 1 aromatic heterocycles. The summed E-state index contributed by atoms with van der Waals surface area (Å²) in [5, 5.41) is 13.8. The molecule has 1 heterocycles. The Hall–Kier alpha value is -1.63. The molecule has 3 nitrogen and oxygen atoms in total. The molecule has 1 atom stereocenters. The lowest BCUT2D eigenvalue weighted by atomic mass is 10.0. The van der Waals surface area contributed by atoms with Gasteiger partial charge in [-0.1, -0.05) is 24.6 Å². The molecule has 2 aromatic rings. The molecule has 0 aliphatic carbocycles. The second-order valence-corrected chi connectivity index (χ2v) is 4.06. The number of pyridine rings is 1. The summed E-state index contributed by atoms with van der Waals surface area (Å²) < 4.78 is 0. The molecule has 0 fully saturated rings. The molecule has 0 amide bonds. The van der Waals surface area contributed by atoms with E-state index >= 15 is 0 Å². The average molecular weight is 246 g/mol. The van der Waals surface area contributed by atoms with Gasteiger partial charge in [-0.2, -0.15) is 5.26 Å². The first-order valence-corrected chi connectivity index (χ1v) is 5.82. The summed E-state index contributed by atoms with van der Waals surface area (Å²) >= 11 is 6.11. The van der Waals surface area contributed by atoms with Crippen molar-refractivity contribution >= 4 is 22.5 Å². The Morgan fingerprint density at radius 3 is 3.00 bits per heavy atom. The maximum atomic E-state index is 9.17. The van der Waals surface area contributed by atoms with Gasteiger partial charge in [0.05, 0.1) is 11.6 Å². The topological polar surface area (TPSA) is 48.7 Å². The van der Waals surface area contributed by atoms with E-state index in [0.717, 1.165) is 23.0 Å². The van der Waals surface area contributed by atoms with E-state index in [1.54, 1.807) is 6.20 Å². The van der Waals surface area contributed by atoms with Gasteiger partial charge in [0, 0.05) is 22.2 Å². The zero-order chi connectivity index (χ0) is 12.3. The molecule has 0 aliphatic heterocycles. The number of fused-ring (bicyclic) bond motifs is 1. The maximum absolute atomic E-state index is 9.17. The third kappa shape index (κ3) is 2.23. The molecular formula is C13H12ClN3. The minimum absolute atomic E-state index is 0.352. The number of nitrogens with one attached hydrogen (secondary N) is 1. The second-order valence-electron chi connectivity index (χ2n) is 3.66. The van der Waals surface area contributed by atoms with Crippen molar-refractivity contribution in [1.82, 2.24) is 10.3 Å². The van der Waals surface area contributed by atoms with Crippen LogP contribution in [0, 0.1) is 11.3 Å². The van der Waals surface area contributed by atoms with Crippen molar-refractivity contribution in [3.8, 4) is 6.07 Å². The Morgan fingerprint density at radius 1 is 1.47 bits per heavy atom. The highest BCUT2D eigenvalue weighted by molar-refractivity contribution is 6.35. The van der Waals surface area contributed by atoms with Crippen LogP contribution in [0.3, 0.4) is 0 Å². The second kappa shape index (κ2) is 5.13. The van der Waals surface area contributed by atoms with Gasteiger partial charge in [-0.15, -0.1) is 0 Å². The van der Waals surface area contributed by atoms with Gasteiger partial charge < -0.3 is 0 Å². The molecule has 0 saturated heterocycles. The first-order chi connectivity index (χ1) is 8.27. The minimum atomic E-state index is -0.352. The Kier molecular flexibility index (Phi) is 3.58. The average Bonchev–Trinajstić information content (AvgIpc) is 2.37. The quantitative estimate of drug-likeness (QED) is 0.904. The maximum Gasteiger partial charge on any atom is 0.123 e. The largest absolute Gasteiger partial charge is 0.298 e. The standard InChI is InChI=1S/C13H12ClN3/c1-2-16-12(8-15)10-5-6-11(14)9-4-3-7-17-13(9)10/h3-7,12,16H,2H2,1H3. The molecule has 0 spiro atoms. The molecule has 2 rings (SSSR count). The van der Waals surface area contributed by atoms with Crippen molar-refractivity contribution in [2.24, 2.45) is 0 Å². The zero-order valence-corrected chi connectivity index (χ0v) is 10.2. The fourth-order valence-electron chi connectivity index (χ4n) is 1.82. The van der Waals surface area contributed by atoms with Crippen LogP contribution in [-0.4, -0.2) is 11.5 Å². The Balaban J connectivity index is 2.62. The minimum Gasteiger partial charge on any atom is -0.298 e. The van der Waals surface area contributed by atoms with Crippen LogP contribution in [0.1, 0.15) is 18.5 Å². The number of benzene rings is 1. The van der Waals surface area contributed by atoms with Crippen molar-refractivity contribution in [1.29, 1.82) is 5.26 Å². The number of nitrogens with zero attached hydrogens (tertiary/aromatic N) is 2. The molecule has 86 valence electrons. The van der Waals surface area contributed by atoms with Gasteiger partial charge >= 0.3 is 0 Å². The number of rotatable bonds is 3. The molecule has 0 saturated carbocycles. The lowest BCUT2D eigenvalue weighted by Gasteiger charge is -2.12. The van der Waals surface area contributed by atoms with E-state index in [1.807, 2.05) is 31.2 Å². The third-order valence-corrected chi connectivity index (χ3v) is 2.93. The number of aromatic nitrogens is 1. The van der Waals surface area contributed by atoms with Crippen molar-refractivity contribution in [2.45, 2.75) is 13.0 Å². The molecule has 1 N–H and O–H groups in total. The van der Waals surface area contributed by atoms with Gasteiger partial charge in [-0.05, 0) is 24.7 Å². The first-order valence-electron chi connectivity index (χ1n) is 5.44. The van der Waals surface area contributed by atoms with Gasteiger partial charge in [0.15, 0.2) is 0 Å². The van der Waals surface area contributed by atoms with Crippen LogP contribution in [0.5, 0.6) is 0 Å². The highest BCUT2D eigenvalue weighted by atomic mass is 35.5. The van der Waals surface area contributed by atoms with E-state index in [0.29, 0.717) is 5.02 Å². The van der Waals surface area contributed by atoms with Crippen molar-refractivity contribution in [2.75, 3.05) is 6.54 Å². The van der Waals surface area contributed by atoms with Crippen molar-refractivity contribution < 1.29 is 0 Å². The van der Waals surface area contributed by atoms with Crippen LogP contribution in [0.2, 0.25) is 5.02 Å². The zero-order valence-electron chi connectivity index (χ0n) is 9.44. The molecule has 0 aliphatic rings. The number of hydrogen-bond donors (Lipinski definition) is 1. The summed E-state index contributed by atoms with van der Waals surface area (Å²) in [6, 6.07) is 9.30. The van der Waals surface area contributed by atoms with Crippen LogP contribution in [0.25, 0.3) is 10.9 Å². The predicted molar refractivity (Wildman–Crippen MR) is 68.8 cm³/mol. The Bertz CT molecular complexity index is 574. The Labute approximate surface area is 105 Å². The van der Waals surface area contributed by atoms with Gasteiger partial charge in [0.1, 0.15) is 6.04 Å². The van der Waals surface area contributed by atoms with Crippen molar-refractivity contribution in [3.63, 3.8) is 0 Å². The Morgan fingerprint density at radius 2 is 2.29 bits per heavy atom. The molecule has 0 bridgehead atoms. The van der Waals surface area contributed by atoms with Gasteiger partial charge in [0.2, 0.25) is 0 Å².